The van der Waals surface area contributed by atoms with Crippen molar-refractivity contribution in [3.05, 3.63) is 0 Å². The first kappa shape index (κ1) is 20.4. The van der Waals surface area contributed by atoms with Gasteiger partial charge in [0.2, 0.25) is 5.91 Å². The molecular weight excluding hydrogens is 312 g/mol. The number of hydrogen-bond acceptors (Lipinski definition) is 5. The van der Waals surface area contributed by atoms with Crippen molar-refractivity contribution in [1.29, 1.82) is 0 Å². The van der Waals surface area contributed by atoms with Gasteiger partial charge in [-0.1, -0.05) is 27.7 Å². The first-order valence-electron chi connectivity index (χ1n) is 8.66. The summed E-state index contributed by atoms with van der Waals surface area (Å²) in [4.78, 5) is 36.0. The van der Waals surface area contributed by atoms with E-state index in [0.29, 0.717) is 18.9 Å². The van der Waals surface area contributed by atoms with E-state index in [1.165, 1.54) is 0 Å². The minimum atomic E-state index is -0.859. The van der Waals surface area contributed by atoms with Crippen LogP contribution in [0.1, 0.15) is 47.5 Å². The summed E-state index contributed by atoms with van der Waals surface area (Å²) in [5.41, 5.74) is 0. The number of hydrogen-bond donors (Lipinski definition) is 2. The number of nitrogens with one attached hydrogen (secondary N) is 2. The Bertz CT molecular complexity index is 450. The fourth-order valence-electron chi connectivity index (χ4n) is 2.28. The van der Waals surface area contributed by atoms with Gasteiger partial charge in [0.25, 0.3) is 5.91 Å². The van der Waals surface area contributed by atoms with E-state index >= 15 is 0 Å². The standard InChI is InChI=1S/C17H30N2O5/c1-6-23-17(22)14-13(24-14)16(21)19-12(9-11(4)5)15(20)18-8-7-10(2)3/h10-14H,6-9H2,1-5H3,(H,18,20)(H,19,21)/t12?,13-,14-/m0/s1. The molecule has 0 radical (unpaired) electrons. The van der Waals surface area contributed by atoms with Crippen molar-refractivity contribution < 1.29 is 23.9 Å². The molecule has 7 nitrogen and oxygen atoms in total. The van der Waals surface area contributed by atoms with Crippen LogP contribution in [0.2, 0.25) is 0 Å². The molecule has 1 heterocycles. The molecule has 0 aromatic heterocycles. The number of carbonyl (C=O) groups is 3. The normalized spacial score (nSPS) is 20.6. The summed E-state index contributed by atoms with van der Waals surface area (Å²) < 4.78 is 9.89. The first-order chi connectivity index (χ1) is 11.3. The molecule has 24 heavy (non-hydrogen) atoms. The van der Waals surface area contributed by atoms with Gasteiger partial charge in [-0.25, -0.2) is 4.79 Å². The van der Waals surface area contributed by atoms with Gasteiger partial charge >= 0.3 is 5.97 Å². The van der Waals surface area contributed by atoms with Crippen LogP contribution >= 0.6 is 0 Å². The lowest BCUT2D eigenvalue weighted by molar-refractivity contribution is -0.144. The summed E-state index contributed by atoms with van der Waals surface area (Å²) in [6.45, 7) is 10.6. The Hall–Kier alpha value is -1.63. The Morgan fingerprint density at radius 2 is 1.75 bits per heavy atom. The Morgan fingerprint density at radius 3 is 2.29 bits per heavy atom. The van der Waals surface area contributed by atoms with Crippen LogP contribution in [-0.2, 0) is 23.9 Å². The van der Waals surface area contributed by atoms with Crippen LogP contribution in [-0.4, -0.2) is 49.2 Å². The van der Waals surface area contributed by atoms with Crippen molar-refractivity contribution in [2.24, 2.45) is 11.8 Å². The molecule has 0 spiro atoms. The van der Waals surface area contributed by atoms with Crippen molar-refractivity contribution in [2.45, 2.75) is 65.7 Å². The molecule has 0 aliphatic carbocycles. The maximum Gasteiger partial charge on any atom is 0.338 e. The number of epoxide rings is 1. The van der Waals surface area contributed by atoms with E-state index in [1.54, 1.807) is 6.92 Å². The van der Waals surface area contributed by atoms with Gasteiger partial charge in [0.05, 0.1) is 6.61 Å². The van der Waals surface area contributed by atoms with E-state index in [4.69, 9.17) is 9.47 Å². The minimum absolute atomic E-state index is 0.203. The molecule has 1 rings (SSSR count). The highest BCUT2D eigenvalue weighted by molar-refractivity contribution is 5.95. The van der Waals surface area contributed by atoms with Crippen molar-refractivity contribution >= 4 is 17.8 Å². The third-order valence-corrected chi connectivity index (χ3v) is 3.63. The second-order valence-electron chi connectivity index (χ2n) is 6.89. The number of carbonyl (C=O) groups excluding carboxylic acids is 3. The van der Waals surface area contributed by atoms with Gasteiger partial charge in [-0.3, -0.25) is 9.59 Å². The molecule has 2 amide bonds. The molecule has 1 aliphatic rings. The number of rotatable bonds is 10. The largest absolute Gasteiger partial charge is 0.464 e. The number of ether oxygens (including phenoxy) is 2. The second kappa shape index (κ2) is 9.61. The van der Waals surface area contributed by atoms with Crippen LogP contribution in [0.15, 0.2) is 0 Å². The SMILES string of the molecule is CCOC(=O)[C@H]1O[C@@H]1C(=O)NC(CC(C)C)C(=O)NCCC(C)C. The highest BCUT2D eigenvalue weighted by Gasteiger charge is 2.52. The molecule has 138 valence electrons. The topological polar surface area (TPSA) is 97.0 Å². The Kier molecular flexibility index (Phi) is 8.18. The van der Waals surface area contributed by atoms with E-state index in [0.717, 1.165) is 6.42 Å². The van der Waals surface area contributed by atoms with Gasteiger partial charge in [-0.05, 0) is 31.6 Å². The molecule has 1 aliphatic heterocycles. The molecule has 2 N–H and O–H groups in total. The summed E-state index contributed by atoms with van der Waals surface area (Å²) in [5, 5.41) is 5.54. The molecule has 0 saturated carbocycles. The monoisotopic (exact) mass is 342 g/mol. The van der Waals surface area contributed by atoms with Crippen molar-refractivity contribution in [1.82, 2.24) is 10.6 Å². The summed E-state index contributed by atoms with van der Waals surface area (Å²) in [7, 11) is 0. The Balaban J connectivity index is 2.52. The van der Waals surface area contributed by atoms with Gasteiger partial charge < -0.3 is 20.1 Å². The van der Waals surface area contributed by atoms with E-state index in [9.17, 15) is 14.4 Å². The second-order valence-corrected chi connectivity index (χ2v) is 6.89. The van der Waals surface area contributed by atoms with Crippen LogP contribution in [0.3, 0.4) is 0 Å². The van der Waals surface area contributed by atoms with Gasteiger partial charge in [0.15, 0.2) is 12.2 Å². The van der Waals surface area contributed by atoms with Crippen molar-refractivity contribution in [2.75, 3.05) is 13.2 Å². The molecule has 0 aromatic carbocycles. The molecule has 0 aromatic rings. The smallest absolute Gasteiger partial charge is 0.338 e. The third kappa shape index (κ3) is 6.86. The third-order valence-electron chi connectivity index (χ3n) is 3.63. The minimum Gasteiger partial charge on any atom is -0.464 e. The average molecular weight is 342 g/mol. The lowest BCUT2D eigenvalue weighted by Crippen LogP contribution is -2.49. The van der Waals surface area contributed by atoms with E-state index < -0.39 is 30.1 Å². The summed E-state index contributed by atoms with van der Waals surface area (Å²) in [5.74, 6) is -0.455. The van der Waals surface area contributed by atoms with E-state index in [-0.39, 0.29) is 18.4 Å². The number of esters is 1. The van der Waals surface area contributed by atoms with Crippen molar-refractivity contribution in [3.63, 3.8) is 0 Å². The fourth-order valence-corrected chi connectivity index (χ4v) is 2.28. The highest BCUT2D eigenvalue weighted by Crippen LogP contribution is 2.24. The Labute approximate surface area is 143 Å². The summed E-state index contributed by atoms with van der Waals surface area (Å²) in [6.07, 6.45) is -0.309. The van der Waals surface area contributed by atoms with Crippen LogP contribution < -0.4 is 10.6 Å². The van der Waals surface area contributed by atoms with Crippen LogP contribution in [0, 0.1) is 11.8 Å². The van der Waals surface area contributed by atoms with Gasteiger partial charge in [-0.2, -0.15) is 0 Å². The molecule has 1 saturated heterocycles. The van der Waals surface area contributed by atoms with E-state index in [1.807, 2.05) is 13.8 Å². The molecule has 3 atom stereocenters. The molecule has 1 unspecified atom stereocenters. The van der Waals surface area contributed by atoms with Gasteiger partial charge in [0, 0.05) is 6.54 Å². The van der Waals surface area contributed by atoms with Crippen molar-refractivity contribution in [3.8, 4) is 0 Å². The zero-order valence-corrected chi connectivity index (χ0v) is 15.3. The Morgan fingerprint density at radius 1 is 1.08 bits per heavy atom. The lowest BCUT2D eigenvalue weighted by atomic mass is 10.0. The molecular formula is C17H30N2O5. The average Bonchev–Trinajstić information content (AvgIpc) is 3.26. The van der Waals surface area contributed by atoms with Crippen LogP contribution in [0.4, 0.5) is 0 Å². The fraction of sp³-hybridized carbons (Fsp3) is 0.824. The van der Waals surface area contributed by atoms with Gasteiger partial charge in [0.1, 0.15) is 6.04 Å². The number of amides is 2. The zero-order chi connectivity index (χ0) is 18.3. The van der Waals surface area contributed by atoms with Crippen LogP contribution in [0.25, 0.3) is 0 Å². The zero-order valence-electron chi connectivity index (χ0n) is 15.3. The molecule has 1 fully saturated rings. The van der Waals surface area contributed by atoms with Crippen LogP contribution in [0.5, 0.6) is 0 Å². The predicted octanol–water partition coefficient (Wildman–Crippen LogP) is 1.01. The van der Waals surface area contributed by atoms with E-state index in [2.05, 4.69) is 24.5 Å². The summed E-state index contributed by atoms with van der Waals surface area (Å²) in [6, 6.07) is -0.628. The lowest BCUT2D eigenvalue weighted by Gasteiger charge is -2.20. The predicted molar refractivity (Wildman–Crippen MR) is 89.1 cm³/mol. The maximum absolute atomic E-state index is 12.3. The highest BCUT2D eigenvalue weighted by atomic mass is 16.6. The quantitative estimate of drug-likeness (QED) is 0.456. The maximum atomic E-state index is 12.3. The summed E-state index contributed by atoms with van der Waals surface area (Å²) >= 11 is 0. The van der Waals surface area contributed by atoms with Gasteiger partial charge in [-0.15, -0.1) is 0 Å². The first-order valence-corrected chi connectivity index (χ1v) is 8.66. The molecule has 7 heteroatoms. The molecule has 0 bridgehead atoms.